The minimum absolute atomic E-state index is 0.182. The van der Waals surface area contributed by atoms with E-state index in [0.29, 0.717) is 17.6 Å². The second kappa shape index (κ2) is 9.73. The maximum absolute atomic E-state index is 12.0. The summed E-state index contributed by atoms with van der Waals surface area (Å²) in [7, 11) is -4.20. The van der Waals surface area contributed by atoms with E-state index >= 15 is 0 Å². The molecule has 12 heteroatoms. The molecule has 28 heavy (non-hydrogen) atoms. The van der Waals surface area contributed by atoms with Crippen molar-refractivity contribution in [3.8, 4) is 0 Å². The third-order valence-electron chi connectivity index (χ3n) is 3.70. The van der Waals surface area contributed by atoms with Crippen molar-refractivity contribution in [1.82, 2.24) is 19.5 Å². The maximum Gasteiger partial charge on any atom is 0.472 e. The lowest BCUT2D eigenvalue weighted by molar-refractivity contribution is -0.101. The normalized spacial score (nSPS) is 16.6. The molecular formula is C16H28N5O6P. The molecule has 4 N–H and O–H groups in total. The minimum atomic E-state index is -4.20. The number of fused-ring (bicyclic) bond motifs is 1. The van der Waals surface area contributed by atoms with Crippen LogP contribution in [-0.4, -0.2) is 54.9 Å². The summed E-state index contributed by atoms with van der Waals surface area (Å²) in [5.74, 6) is 0.434. The Morgan fingerprint density at radius 3 is 2.57 bits per heavy atom. The summed E-state index contributed by atoms with van der Waals surface area (Å²) >= 11 is 0. The Hall–Kier alpha value is -1.62. The Morgan fingerprint density at radius 1 is 1.25 bits per heavy atom. The third-order valence-corrected chi connectivity index (χ3v) is 4.87. The fourth-order valence-electron chi connectivity index (χ4n) is 2.66. The largest absolute Gasteiger partial charge is 0.472 e. The van der Waals surface area contributed by atoms with Crippen LogP contribution in [0.3, 0.4) is 0 Å². The van der Waals surface area contributed by atoms with E-state index < -0.39 is 26.3 Å². The van der Waals surface area contributed by atoms with E-state index in [1.54, 1.807) is 13.8 Å². The van der Waals surface area contributed by atoms with E-state index in [1.807, 2.05) is 13.8 Å². The molecule has 0 saturated heterocycles. The van der Waals surface area contributed by atoms with Gasteiger partial charge in [-0.25, -0.2) is 19.5 Å². The van der Waals surface area contributed by atoms with Crippen LogP contribution < -0.4 is 5.73 Å². The summed E-state index contributed by atoms with van der Waals surface area (Å²) in [6, 6.07) is 0. The zero-order chi connectivity index (χ0) is 20.9. The number of phosphoric acid groups is 1. The van der Waals surface area contributed by atoms with Gasteiger partial charge < -0.3 is 20.5 Å². The monoisotopic (exact) mass is 417 g/mol. The highest BCUT2D eigenvalue weighted by Gasteiger charge is 2.27. The first-order valence-corrected chi connectivity index (χ1v) is 10.5. The number of anilines is 1. The van der Waals surface area contributed by atoms with E-state index in [-0.39, 0.29) is 24.9 Å². The van der Waals surface area contributed by atoms with Crippen LogP contribution in [0.2, 0.25) is 0 Å². The summed E-state index contributed by atoms with van der Waals surface area (Å²) in [5, 5.41) is 9.84. The molecule has 158 valence electrons. The Kier molecular flexibility index (Phi) is 7.87. The molecule has 11 nitrogen and oxygen atoms in total. The fraction of sp³-hybridized carbons (Fsp3) is 0.688. The zero-order valence-electron chi connectivity index (χ0n) is 16.4. The molecule has 2 aromatic heterocycles. The van der Waals surface area contributed by atoms with Gasteiger partial charge in [0.15, 0.2) is 17.7 Å². The molecule has 0 aliphatic rings. The van der Waals surface area contributed by atoms with Gasteiger partial charge in [-0.15, -0.1) is 0 Å². The van der Waals surface area contributed by atoms with Gasteiger partial charge in [0.05, 0.1) is 31.7 Å². The van der Waals surface area contributed by atoms with Gasteiger partial charge in [0.25, 0.3) is 0 Å². The van der Waals surface area contributed by atoms with Gasteiger partial charge in [-0.05, 0) is 26.2 Å². The number of ether oxygens (including phenoxy) is 1. The molecule has 0 aromatic carbocycles. The predicted octanol–water partition coefficient (Wildman–Crippen LogP) is 1.87. The lowest BCUT2D eigenvalue weighted by Gasteiger charge is -2.26. The molecule has 0 fully saturated rings. The van der Waals surface area contributed by atoms with E-state index in [0.717, 1.165) is 0 Å². The number of aliphatic hydroxyl groups excluding tert-OH is 1. The number of rotatable bonds is 11. The summed E-state index contributed by atoms with van der Waals surface area (Å²) < 4.78 is 29.5. The van der Waals surface area contributed by atoms with E-state index in [2.05, 4.69) is 15.0 Å². The second-order valence-electron chi connectivity index (χ2n) is 7.03. The number of aromatic nitrogens is 4. The maximum atomic E-state index is 12.0. The lowest BCUT2D eigenvalue weighted by Crippen LogP contribution is -2.28. The summed E-state index contributed by atoms with van der Waals surface area (Å²) in [5.41, 5.74) is 6.59. The number of aliphatic hydroxyl groups is 1. The van der Waals surface area contributed by atoms with Gasteiger partial charge in [-0.3, -0.25) is 13.6 Å². The van der Waals surface area contributed by atoms with Crippen molar-refractivity contribution in [1.29, 1.82) is 0 Å². The predicted molar refractivity (Wildman–Crippen MR) is 102 cm³/mol. The van der Waals surface area contributed by atoms with Crippen molar-refractivity contribution in [3.63, 3.8) is 0 Å². The molecule has 0 amide bonds. The third kappa shape index (κ3) is 6.20. The van der Waals surface area contributed by atoms with Crippen LogP contribution in [0.5, 0.6) is 0 Å². The topological polar surface area (TPSA) is 155 Å². The van der Waals surface area contributed by atoms with Crippen molar-refractivity contribution < 1.29 is 28.3 Å². The summed E-state index contributed by atoms with van der Waals surface area (Å²) in [4.78, 5) is 22.0. The molecule has 0 saturated carbocycles. The average molecular weight is 417 g/mol. The Morgan fingerprint density at radius 2 is 1.96 bits per heavy atom. The first-order chi connectivity index (χ1) is 13.1. The number of nitrogen functional groups attached to an aromatic ring is 1. The zero-order valence-corrected chi connectivity index (χ0v) is 17.3. The van der Waals surface area contributed by atoms with Gasteiger partial charge in [-0.1, -0.05) is 13.8 Å². The van der Waals surface area contributed by atoms with Gasteiger partial charge in [0, 0.05) is 0 Å². The SMILES string of the molecule is CC(C)C[C@H](COP(=O)(O)OC(C)C)O[C@H](CO)n1cnc2c(N)ncnc21. The van der Waals surface area contributed by atoms with Gasteiger partial charge in [0.2, 0.25) is 0 Å². The van der Waals surface area contributed by atoms with Crippen molar-refractivity contribution in [2.24, 2.45) is 5.92 Å². The molecule has 0 spiro atoms. The van der Waals surface area contributed by atoms with Crippen LogP contribution in [0.25, 0.3) is 11.2 Å². The first-order valence-electron chi connectivity index (χ1n) is 8.98. The van der Waals surface area contributed by atoms with Crippen molar-refractivity contribution in [2.75, 3.05) is 18.9 Å². The second-order valence-corrected chi connectivity index (χ2v) is 8.43. The highest BCUT2D eigenvalue weighted by atomic mass is 31.2. The average Bonchev–Trinajstić information content (AvgIpc) is 3.01. The summed E-state index contributed by atoms with van der Waals surface area (Å²) in [6.45, 7) is 6.67. The molecule has 3 atom stereocenters. The summed E-state index contributed by atoms with van der Waals surface area (Å²) in [6.07, 6.45) is 1.39. The standard InChI is InChI=1S/C16H28N5O6P/c1-10(2)5-12(7-25-28(23,24)27-11(3)4)26-13(6-22)21-9-20-14-15(17)18-8-19-16(14)21/h8-13,22H,5-7H2,1-4H3,(H,23,24)(H2,17,18,19)/t12-,13-/m1/s1. The Bertz CT molecular complexity index is 814. The highest BCUT2D eigenvalue weighted by Crippen LogP contribution is 2.44. The number of hydrogen-bond acceptors (Lipinski definition) is 9. The number of nitrogens with two attached hydrogens (primary N) is 1. The smallest absolute Gasteiger partial charge is 0.392 e. The lowest BCUT2D eigenvalue weighted by atomic mass is 10.1. The van der Waals surface area contributed by atoms with E-state index in [1.165, 1.54) is 17.2 Å². The Labute approximate surface area is 163 Å². The molecule has 0 bridgehead atoms. The molecule has 0 radical (unpaired) electrons. The molecular weight excluding hydrogens is 389 g/mol. The van der Waals surface area contributed by atoms with E-state index in [9.17, 15) is 14.6 Å². The van der Waals surface area contributed by atoms with Crippen molar-refractivity contribution in [2.45, 2.75) is 52.6 Å². The van der Waals surface area contributed by atoms with Crippen molar-refractivity contribution in [3.05, 3.63) is 12.7 Å². The first kappa shape index (κ1) is 22.7. The quantitative estimate of drug-likeness (QED) is 0.461. The number of hydrogen-bond donors (Lipinski definition) is 3. The van der Waals surface area contributed by atoms with Crippen molar-refractivity contribution >= 4 is 24.8 Å². The van der Waals surface area contributed by atoms with Crippen LogP contribution >= 0.6 is 7.82 Å². The van der Waals surface area contributed by atoms with Crippen LogP contribution in [0.1, 0.15) is 40.3 Å². The molecule has 2 heterocycles. The van der Waals surface area contributed by atoms with Crippen LogP contribution in [0, 0.1) is 5.92 Å². The number of imidazole rings is 1. The molecule has 2 aromatic rings. The van der Waals surface area contributed by atoms with Gasteiger partial charge in [-0.2, -0.15) is 0 Å². The van der Waals surface area contributed by atoms with Crippen LogP contribution in [-0.2, 0) is 18.3 Å². The number of phosphoric ester groups is 1. The fourth-order valence-corrected chi connectivity index (χ4v) is 3.61. The molecule has 2 rings (SSSR count). The van der Waals surface area contributed by atoms with Gasteiger partial charge in [0.1, 0.15) is 11.8 Å². The van der Waals surface area contributed by atoms with Crippen LogP contribution in [0.15, 0.2) is 12.7 Å². The van der Waals surface area contributed by atoms with Crippen LogP contribution in [0.4, 0.5) is 5.82 Å². The molecule has 1 unspecified atom stereocenters. The highest BCUT2D eigenvalue weighted by molar-refractivity contribution is 7.47. The molecule has 0 aliphatic carbocycles. The molecule has 0 aliphatic heterocycles. The van der Waals surface area contributed by atoms with Gasteiger partial charge >= 0.3 is 7.82 Å². The van der Waals surface area contributed by atoms with E-state index in [4.69, 9.17) is 19.5 Å². The minimum Gasteiger partial charge on any atom is -0.392 e. The number of nitrogens with zero attached hydrogens (tertiary/aromatic N) is 4. The Balaban J connectivity index is 2.16.